The summed E-state index contributed by atoms with van der Waals surface area (Å²) in [5, 5.41) is 11.4. The molecule has 0 spiro atoms. The van der Waals surface area contributed by atoms with Gasteiger partial charge in [0.2, 0.25) is 0 Å². The second kappa shape index (κ2) is 10.4. The molecule has 3 aromatic rings. The van der Waals surface area contributed by atoms with E-state index in [-0.39, 0.29) is 17.9 Å². The number of Topliss-reactive ketones (excluding diaryl/α,β-unsaturated/α-hetero) is 1. The molecule has 5 rings (SSSR count). The van der Waals surface area contributed by atoms with E-state index in [0.717, 1.165) is 35.5 Å². The summed E-state index contributed by atoms with van der Waals surface area (Å²) < 4.78 is 16.5. The van der Waals surface area contributed by atoms with Gasteiger partial charge < -0.3 is 24.2 Å². The maximum atomic E-state index is 13.4. The number of nitrogens with zero attached hydrogens (tertiary/aromatic N) is 1. The van der Waals surface area contributed by atoms with Crippen molar-refractivity contribution in [1.82, 2.24) is 4.90 Å². The highest BCUT2D eigenvalue weighted by atomic mass is 16.5. The van der Waals surface area contributed by atoms with Gasteiger partial charge in [0.15, 0.2) is 0 Å². The number of aliphatic hydroxyl groups excluding tert-OH is 1. The Hall–Kier alpha value is -4.26. The molecule has 0 radical (unpaired) electrons. The van der Waals surface area contributed by atoms with Crippen LogP contribution in [0.25, 0.3) is 5.76 Å². The largest absolute Gasteiger partial charge is 0.507 e. The molecule has 37 heavy (non-hydrogen) atoms. The number of carbonyl (C=O) groups excluding carboxylic acids is 2. The molecule has 7 heteroatoms. The lowest BCUT2D eigenvalue weighted by molar-refractivity contribution is -0.140. The standard InChI is InChI=1S/C30H29NO6/c1-3-36-24-11-6-19(7-12-24)18-31-27(20-8-13-23(35-2)14-9-20)26(29(33)30(31)34)28(32)22-10-15-25-21(17-22)5-4-16-37-25/h6-15,17,27,32H,3-5,16,18H2,1-2H3/b28-26-. The third kappa shape index (κ3) is 4.77. The molecule has 1 unspecified atom stereocenters. The van der Waals surface area contributed by atoms with Crippen LogP contribution in [0.5, 0.6) is 17.2 Å². The van der Waals surface area contributed by atoms with Crippen LogP contribution in [0.1, 0.15) is 41.6 Å². The summed E-state index contributed by atoms with van der Waals surface area (Å²) in [5.41, 5.74) is 3.07. The number of rotatable bonds is 7. The van der Waals surface area contributed by atoms with Crippen molar-refractivity contribution in [3.05, 3.63) is 94.6 Å². The number of ketones is 1. The first-order valence-corrected chi connectivity index (χ1v) is 12.4. The van der Waals surface area contributed by atoms with Crippen LogP contribution in [0.2, 0.25) is 0 Å². The average molecular weight is 500 g/mol. The van der Waals surface area contributed by atoms with Crippen molar-refractivity contribution in [1.29, 1.82) is 0 Å². The van der Waals surface area contributed by atoms with Gasteiger partial charge in [-0.05, 0) is 78.9 Å². The summed E-state index contributed by atoms with van der Waals surface area (Å²) in [5.74, 6) is 0.612. The number of fused-ring (bicyclic) bond motifs is 1. The van der Waals surface area contributed by atoms with E-state index >= 15 is 0 Å². The molecule has 0 saturated carbocycles. The number of hydrogen-bond acceptors (Lipinski definition) is 6. The van der Waals surface area contributed by atoms with Gasteiger partial charge in [-0.25, -0.2) is 0 Å². The number of ether oxygens (including phenoxy) is 3. The van der Waals surface area contributed by atoms with Gasteiger partial charge in [-0.1, -0.05) is 24.3 Å². The maximum absolute atomic E-state index is 13.4. The number of aryl methyl sites for hydroxylation is 1. The lowest BCUT2D eigenvalue weighted by Gasteiger charge is -2.26. The molecule has 7 nitrogen and oxygen atoms in total. The number of likely N-dealkylation sites (tertiary alicyclic amines) is 1. The van der Waals surface area contributed by atoms with Crippen LogP contribution in [0.3, 0.4) is 0 Å². The second-order valence-electron chi connectivity index (χ2n) is 9.05. The van der Waals surface area contributed by atoms with Crippen molar-refractivity contribution < 1.29 is 28.9 Å². The van der Waals surface area contributed by atoms with Crippen molar-refractivity contribution in [2.24, 2.45) is 0 Å². The first-order chi connectivity index (χ1) is 18.0. The van der Waals surface area contributed by atoms with Crippen molar-refractivity contribution in [3.63, 3.8) is 0 Å². The topological polar surface area (TPSA) is 85.3 Å². The molecule has 0 aromatic heterocycles. The normalized spacial score (nSPS) is 18.3. The molecule has 1 fully saturated rings. The predicted octanol–water partition coefficient (Wildman–Crippen LogP) is 5.04. The first-order valence-electron chi connectivity index (χ1n) is 12.4. The number of methoxy groups -OCH3 is 1. The quantitative estimate of drug-likeness (QED) is 0.279. The summed E-state index contributed by atoms with van der Waals surface area (Å²) in [7, 11) is 1.58. The van der Waals surface area contributed by atoms with Crippen LogP contribution in [0.15, 0.2) is 72.3 Å². The number of carbonyl (C=O) groups is 2. The van der Waals surface area contributed by atoms with Crippen LogP contribution in [-0.4, -0.2) is 42.0 Å². The molecule has 3 aromatic carbocycles. The molecular weight excluding hydrogens is 470 g/mol. The summed E-state index contributed by atoms with van der Waals surface area (Å²) >= 11 is 0. The van der Waals surface area contributed by atoms with Crippen LogP contribution < -0.4 is 14.2 Å². The summed E-state index contributed by atoms with van der Waals surface area (Å²) in [6.07, 6.45) is 1.71. The number of benzene rings is 3. The maximum Gasteiger partial charge on any atom is 0.295 e. The van der Waals surface area contributed by atoms with Crippen molar-refractivity contribution >= 4 is 17.4 Å². The summed E-state index contributed by atoms with van der Waals surface area (Å²) in [6.45, 7) is 3.33. The zero-order valence-corrected chi connectivity index (χ0v) is 20.9. The van der Waals surface area contributed by atoms with Crippen molar-refractivity contribution in [3.8, 4) is 17.2 Å². The molecule has 1 saturated heterocycles. The van der Waals surface area contributed by atoms with Gasteiger partial charge in [0.05, 0.1) is 31.9 Å². The summed E-state index contributed by atoms with van der Waals surface area (Å²) in [4.78, 5) is 28.2. The smallest absolute Gasteiger partial charge is 0.295 e. The van der Waals surface area contributed by atoms with E-state index in [0.29, 0.717) is 30.1 Å². The van der Waals surface area contributed by atoms with E-state index in [2.05, 4.69) is 0 Å². The third-order valence-corrected chi connectivity index (χ3v) is 6.74. The van der Waals surface area contributed by atoms with Gasteiger partial charge in [0, 0.05) is 12.1 Å². The first kappa shape index (κ1) is 24.4. The fourth-order valence-corrected chi connectivity index (χ4v) is 4.89. The van der Waals surface area contributed by atoms with E-state index in [1.807, 2.05) is 55.5 Å². The van der Waals surface area contributed by atoms with E-state index in [4.69, 9.17) is 14.2 Å². The Bertz CT molecular complexity index is 1340. The Morgan fingerprint density at radius 3 is 2.46 bits per heavy atom. The Morgan fingerprint density at radius 2 is 1.76 bits per heavy atom. The van der Waals surface area contributed by atoms with E-state index in [1.54, 1.807) is 25.3 Å². The van der Waals surface area contributed by atoms with E-state index in [9.17, 15) is 14.7 Å². The van der Waals surface area contributed by atoms with Crippen molar-refractivity contribution in [2.45, 2.75) is 32.4 Å². The van der Waals surface area contributed by atoms with Gasteiger partial charge >= 0.3 is 0 Å². The zero-order valence-electron chi connectivity index (χ0n) is 20.9. The molecule has 0 aliphatic carbocycles. The molecule has 1 atom stereocenters. The molecule has 1 N–H and O–H groups in total. The molecular formula is C30H29NO6. The highest BCUT2D eigenvalue weighted by Crippen LogP contribution is 2.41. The predicted molar refractivity (Wildman–Crippen MR) is 139 cm³/mol. The molecule has 2 heterocycles. The molecule has 2 aliphatic heterocycles. The SMILES string of the molecule is CCOc1ccc(CN2C(=O)C(=O)/C(=C(\O)c3ccc4c(c3)CCCO4)C2c2ccc(OC)cc2)cc1. The molecule has 1 amide bonds. The Morgan fingerprint density at radius 1 is 1.03 bits per heavy atom. The highest BCUT2D eigenvalue weighted by Gasteiger charge is 2.46. The Balaban J connectivity index is 1.57. The number of hydrogen-bond donors (Lipinski definition) is 1. The van der Waals surface area contributed by atoms with Crippen LogP contribution in [-0.2, 0) is 22.6 Å². The minimum atomic E-state index is -0.759. The van der Waals surface area contributed by atoms with Gasteiger partial charge in [0.1, 0.15) is 23.0 Å². The fourth-order valence-electron chi connectivity index (χ4n) is 4.89. The van der Waals surface area contributed by atoms with E-state index in [1.165, 1.54) is 4.90 Å². The van der Waals surface area contributed by atoms with E-state index < -0.39 is 17.7 Å². The molecule has 0 bridgehead atoms. The Kier molecular flexibility index (Phi) is 6.86. The number of amides is 1. The van der Waals surface area contributed by atoms with Gasteiger partial charge in [-0.2, -0.15) is 0 Å². The minimum absolute atomic E-state index is 0.0674. The highest BCUT2D eigenvalue weighted by molar-refractivity contribution is 6.46. The third-order valence-electron chi connectivity index (χ3n) is 6.74. The minimum Gasteiger partial charge on any atom is -0.507 e. The lowest BCUT2D eigenvalue weighted by atomic mass is 9.94. The van der Waals surface area contributed by atoms with Gasteiger partial charge in [0.25, 0.3) is 11.7 Å². The lowest BCUT2D eigenvalue weighted by Crippen LogP contribution is -2.29. The van der Waals surface area contributed by atoms with Gasteiger partial charge in [-0.15, -0.1) is 0 Å². The fraction of sp³-hybridized carbons (Fsp3) is 0.267. The monoisotopic (exact) mass is 499 g/mol. The second-order valence-corrected chi connectivity index (χ2v) is 9.05. The van der Waals surface area contributed by atoms with Crippen LogP contribution in [0.4, 0.5) is 0 Å². The van der Waals surface area contributed by atoms with Crippen LogP contribution >= 0.6 is 0 Å². The van der Waals surface area contributed by atoms with Crippen LogP contribution in [0, 0.1) is 0 Å². The molecule has 190 valence electrons. The van der Waals surface area contributed by atoms with Crippen molar-refractivity contribution in [2.75, 3.05) is 20.3 Å². The average Bonchev–Trinajstić information content (AvgIpc) is 3.18. The molecule has 2 aliphatic rings. The summed E-state index contributed by atoms with van der Waals surface area (Å²) in [6, 6.07) is 19.2. The number of aliphatic hydroxyl groups is 1. The Labute approximate surface area is 215 Å². The zero-order chi connectivity index (χ0) is 25.9. The van der Waals surface area contributed by atoms with Gasteiger partial charge in [-0.3, -0.25) is 9.59 Å².